The average Bonchev–Trinajstić information content (AvgIpc) is 3.50. The van der Waals surface area contributed by atoms with Crippen molar-refractivity contribution in [1.82, 2.24) is 31.6 Å². The summed E-state index contributed by atoms with van der Waals surface area (Å²) in [5, 5.41) is 22.8. The van der Waals surface area contributed by atoms with E-state index in [1.807, 2.05) is 24.3 Å². The Bertz CT molecular complexity index is 1760. The van der Waals surface area contributed by atoms with Crippen molar-refractivity contribution in [2.24, 2.45) is 5.73 Å². The molecular weight excluding hydrogens is 707 g/mol. The summed E-state index contributed by atoms with van der Waals surface area (Å²) in [7, 11) is 0. The van der Waals surface area contributed by atoms with E-state index in [9.17, 15) is 38.7 Å². The van der Waals surface area contributed by atoms with E-state index in [2.05, 4.69) is 31.6 Å². The fourth-order valence-electron chi connectivity index (χ4n) is 5.22. The molecule has 2 aromatic carbocycles. The van der Waals surface area contributed by atoms with Crippen molar-refractivity contribution < 1.29 is 43.4 Å². The predicted octanol–water partition coefficient (Wildman–Crippen LogP) is 1.13. The largest absolute Gasteiger partial charge is 0.481 e. The maximum atomic E-state index is 13.9. The molecule has 0 spiro atoms. The maximum absolute atomic E-state index is 13.9. The van der Waals surface area contributed by atoms with Crippen LogP contribution in [-0.4, -0.2) is 100 Å². The zero-order valence-electron chi connectivity index (χ0n) is 30.0. The van der Waals surface area contributed by atoms with Gasteiger partial charge in [0.15, 0.2) is 0 Å². The van der Waals surface area contributed by atoms with Crippen LogP contribution >= 0.6 is 11.8 Å². The van der Waals surface area contributed by atoms with Crippen LogP contribution in [0.15, 0.2) is 60.8 Å². The number of aromatic amines is 1. The second kappa shape index (κ2) is 19.9. The summed E-state index contributed by atoms with van der Waals surface area (Å²) in [4.78, 5) is 93.1. The number of ether oxygens (including phenoxy) is 1. The lowest BCUT2D eigenvalue weighted by atomic mass is 10.0. The van der Waals surface area contributed by atoms with Crippen molar-refractivity contribution in [2.75, 3.05) is 18.6 Å². The molecule has 0 saturated carbocycles. The van der Waals surface area contributed by atoms with Gasteiger partial charge in [-0.1, -0.05) is 48.5 Å². The summed E-state index contributed by atoms with van der Waals surface area (Å²) in [6.45, 7) is 4.49. The molecule has 0 aliphatic carbocycles. The molecule has 17 heteroatoms. The Hall–Kier alpha value is -5.58. The third-order valence-corrected chi connectivity index (χ3v) is 8.38. The number of nitrogens with two attached hydrogens (primary N) is 1. The molecule has 0 aliphatic heterocycles. The second-order valence-electron chi connectivity index (χ2n) is 13.2. The molecule has 53 heavy (non-hydrogen) atoms. The van der Waals surface area contributed by atoms with Crippen LogP contribution in [0.3, 0.4) is 0 Å². The summed E-state index contributed by atoms with van der Waals surface area (Å²) in [5.74, 6) is -5.17. The third kappa shape index (κ3) is 14.2. The van der Waals surface area contributed by atoms with Crippen LogP contribution in [0, 0.1) is 0 Å². The van der Waals surface area contributed by atoms with Crippen molar-refractivity contribution in [3.8, 4) is 0 Å². The van der Waals surface area contributed by atoms with Gasteiger partial charge in [-0.25, -0.2) is 4.79 Å². The van der Waals surface area contributed by atoms with Crippen LogP contribution in [0.25, 0.3) is 10.9 Å². The summed E-state index contributed by atoms with van der Waals surface area (Å²) in [5.41, 5.74) is 6.89. The van der Waals surface area contributed by atoms with Crippen LogP contribution in [-0.2, 0) is 46.3 Å². The minimum Gasteiger partial charge on any atom is -0.481 e. The number of rotatable bonds is 19. The van der Waals surface area contributed by atoms with E-state index in [1.54, 1.807) is 63.6 Å². The molecule has 1 aromatic heterocycles. The fourth-order valence-corrected chi connectivity index (χ4v) is 5.69. The molecule has 3 rings (SSSR count). The zero-order valence-corrected chi connectivity index (χ0v) is 30.8. The van der Waals surface area contributed by atoms with Crippen molar-refractivity contribution in [3.63, 3.8) is 0 Å². The minimum atomic E-state index is -1.63. The van der Waals surface area contributed by atoms with Crippen molar-refractivity contribution in [3.05, 3.63) is 71.9 Å². The van der Waals surface area contributed by atoms with Gasteiger partial charge in [-0.05, 0) is 56.4 Å². The van der Waals surface area contributed by atoms with Gasteiger partial charge < -0.3 is 47.1 Å². The van der Waals surface area contributed by atoms with Crippen LogP contribution in [0.5, 0.6) is 0 Å². The number of nitrogens with one attached hydrogen (secondary N) is 6. The normalized spacial score (nSPS) is 13.4. The standard InChI is InChI=1S/C36H47N7O9S/c1-36(2,3)52-35(51)39-20-29(44)40-27(17-22-19-38-24-13-9-8-12-23(22)24)33(49)41-25(14-15-53-4)32(48)43-28(18-30(45)46)34(50)42-26(31(37)47)16-21-10-6-5-7-11-21/h5-13,19,25-28,38H,14-18,20H2,1-4H3,(H2,37,47)(H,39,51)(H,40,44)(H,41,49)(H,42,50)(H,43,48)(H,45,46). The molecule has 9 N–H and O–H groups in total. The highest BCUT2D eigenvalue weighted by atomic mass is 32.2. The van der Waals surface area contributed by atoms with Crippen LogP contribution in [0.1, 0.15) is 44.7 Å². The molecule has 0 fully saturated rings. The lowest BCUT2D eigenvalue weighted by molar-refractivity contribution is -0.141. The monoisotopic (exact) mass is 753 g/mol. The Morgan fingerprint density at radius 2 is 1.42 bits per heavy atom. The van der Waals surface area contributed by atoms with E-state index >= 15 is 0 Å². The minimum absolute atomic E-state index is 0.00907. The number of hydrogen-bond donors (Lipinski definition) is 8. The summed E-state index contributed by atoms with van der Waals surface area (Å²) < 4.78 is 5.17. The summed E-state index contributed by atoms with van der Waals surface area (Å²) >= 11 is 1.38. The van der Waals surface area contributed by atoms with Gasteiger partial charge in [0.1, 0.15) is 36.3 Å². The van der Waals surface area contributed by atoms with Gasteiger partial charge >= 0.3 is 12.1 Å². The number of para-hydroxylation sites is 1. The number of benzene rings is 2. The van der Waals surface area contributed by atoms with E-state index < -0.39 is 84.3 Å². The van der Waals surface area contributed by atoms with Crippen LogP contribution in [0.2, 0.25) is 0 Å². The number of carboxylic acid groups (broad SMARTS) is 1. The topological polar surface area (TPSA) is 251 Å². The highest BCUT2D eigenvalue weighted by Crippen LogP contribution is 2.19. The number of alkyl carbamates (subject to hydrolysis) is 1. The van der Waals surface area contributed by atoms with Gasteiger partial charge in [0.05, 0.1) is 6.42 Å². The lowest BCUT2D eigenvalue weighted by Crippen LogP contribution is -2.59. The number of hydrogen-bond acceptors (Lipinski definition) is 9. The molecule has 0 saturated heterocycles. The van der Waals surface area contributed by atoms with Crippen molar-refractivity contribution >= 4 is 64.3 Å². The molecule has 0 aliphatic rings. The van der Waals surface area contributed by atoms with E-state index in [4.69, 9.17) is 10.5 Å². The number of aromatic nitrogens is 1. The summed E-state index contributed by atoms with van der Waals surface area (Å²) in [6, 6.07) is 10.7. The number of amides is 6. The van der Waals surface area contributed by atoms with Crippen LogP contribution < -0.4 is 32.3 Å². The smallest absolute Gasteiger partial charge is 0.408 e. The second-order valence-corrected chi connectivity index (χ2v) is 14.2. The molecule has 0 bridgehead atoms. The SMILES string of the molecule is CSCCC(NC(=O)C(Cc1c[nH]c2ccccc12)NC(=O)CNC(=O)OC(C)(C)C)C(=O)NC(CC(=O)O)C(=O)NC(Cc1ccccc1)C(N)=O. The first-order chi connectivity index (χ1) is 25.1. The van der Waals surface area contributed by atoms with Gasteiger partial charge in [-0.15, -0.1) is 0 Å². The van der Waals surface area contributed by atoms with Gasteiger partial charge in [0, 0.05) is 29.9 Å². The highest BCUT2D eigenvalue weighted by molar-refractivity contribution is 7.98. The zero-order chi connectivity index (χ0) is 39.1. The quantitative estimate of drug-likeness (QED) is 0.0867. The Morgan fingerprint density at radius 1 is 0.811 bits per heavy atom. The number of carbonyl (C=O) groups is 7. The molecule has 4 atom stereocenters. The molecule has 6 amide bonds. The van der Waals surface area contributed by atoms with Crippen molar-refractivity contribution in [1.29, 1.82) is 0 Å². The Morgan fingerprint density at radius 3 is 2.06 bits per heavy atom. The van der Waals surface area contributed by atoms with Crippen LogP contribution in [0.4, 0.5) is 4.79 Å². The first kappa shape index (κ1) is 41.8. The Labute approximate surface area is 311 Å². The van der Waals surface area contributed by atoms with Gasteiger partial charge in [-0.3, -0.25) is 28.8 Å². The third-order valence-electron chi connectivity index (χ3n) is 7.74. The molecule has 4 unspecified atom stereocenters. The van der Waals surface area contributed by atoms with Crippen molar-refractivity contribution in [2.45, 2.75) is 76.2 Å². The fraction of sp³-hybridized carbons (Fsp3) is 0.417. The molecule has 286 valence electrons. The number of fused-ring (bicyclic) bond motifs is 1. The van der Waals surface area contributed by atoms with Gasteiger partial charge in [0.2, 0.25) is 29.5 Å². The lowest BCUT2D eigenvalue weighted by Gasteiger charge is -2.26. The van der Waals surface area contributed by atoms with E-state index in [1.165, 1.54) is 11.8 Å². The first-order valence-electron chi connectivity index (χ1n) is 16.8. The Kier molecular flexibility index (Phi) is 15.7. The number of carbonyl (C=O) groups excluding carboxylic acids is 6. The number of aliphatic carboxylic acids is 1. The highest BCUT2D eigenvalue weighted by Gasteiger charge is 2.32. The van der Waals surface area contributed by atoms with E-state index in [-0.39, 0.29) is 19.3 Å². The van der Waals surface area contributed by atoms with E-state index in [0.29, 0.717) is 16.9 Å². The number of H-pyrrole nitrogens is 1. The average molecular weight is 754 g/mol. The summed E-state index contributed by atoms with van der Waals surface area (Å²) in [6.07, 6.45) is 1.91. The molecule has 3 aromatic rings. The van der Waals surface area contributed by atoms with Gasteiger partial charge in [-0.2, -0.15) is 11.8 Å². The van der Waals surface area contributed by atoms with E-state index in [0.717, 1.165) is 10.9 Å². The maximum Gasteiger partial charge on any atom is 0.408 e. The molecular formula is C36H47N7O9S. The molecule has 16 nitrogen and oxygen atoms in total. The predicted molar refractivity (Wildman–Crippen MR) is 199 cm³/mol. The number of carboxylic acids is 1. The van der Waals surface area contributed by atoms with Gasteiger partial charge in [0.25, 0.3) is 0 Å². The number of thioether (sulfide) groups is 1. The Balaban J connectivity index is 1.81. The number of primary amides is 1. The molecule has 0 radical (unpaired) electrons. The molecule has 1 heterocycles. The first-order valence-corrected chi connectivity index (χ1v) is 18.2.